The quantitative estimate of drug-likeness (QED) is 0.804. The van der Waals surface area contributed by atoms with Gasteiger partial charge in [0.2, 0.25) is 0 Å². The number of ether oxygens (including phenoxy) is 1. The van der Waals surface area contributed by atoms with Crippen molar-refractivity contribution in [3.63, 3.8) is 0 Å². The van der Waals surface area contributed by atoms with Crippen molar-refractivity contribution in [3.05, 3.63) is 35.4 Å². The fraction of sp³-hybridized carbons (Fsp3) is 0.231. The summed E-state index contributed by atoms with van der Waals surface area (Å²) < 4.78 is 4.92. The normalized spacial score (nSPS) is 10.5. The maximum atomic E-state index is 11.6. The molecule has 4 heteroatoms. The van der Waals surface area contributed by atoms with Crippen molar-refractivity contribution in [1.29, 1.82) is 0 Å². The Balaban J connectivity index is 2.55. The molecule has 0 aliphatic rings. The van der Waals surface area contributed by atoms with Crippen molar-refractivity contribution in [3.8, 4) is 0 Å². The summed E-state index contributed by atoms with van der Waals surface area (Å²) >= 11 is 0. The molecular weight excluding hydrogens is 216 g/mol. The molecule has 2 aromatic rings. The molecule has 4 nitrogen and oxygen atoms in total. The third-order valence-corrected chi connectivity index (χ3v) is 2.50. The molecule has 0 saturated carbocycles. The van der Waals surface area contributed by atoms with Gasteiger partial charge in [0, 0.05) is 5.39 Å². The van der Waals surface area contributed by atoms with E-state index in [1.807, 2.05) is 25.1 Å². The Kier molecular flexibility index (Phi) is 2.95. The number of anilines is 1. The zero-order chi connectivity index (χ0) is 12.4. The number of benzene rings is 1. The van der Waals surface area contributed by atoms with Crippen molar-refractivity contribution >= 4 is 22.7 Å². The molecule has 0 fully saturated rings. The van der Waals surface area contributed by atoms with E-state index in [0.29, 0.717) is 12.2 Å². The van der Waals surface area contributed by atoms with Gasteiger partial charge in [-0.25, -0.2) is 9.78 Å². The lowest BCUT2D eigenvalue weighted by molar-refractivity contribution is 0.0527. The highest BCUT2D eigenvalue weighted by molar-refractivity contribution is 5.98. The number of esters is 1. The molecule has 0 bridgehead atoms. The summed E-state index contributed by atoms with van der Waals surface area (Å²) in [7, 11) is 0. The summed E-state index contributed by atoms with van der Waals surface area (Å²) in [5.41, 5.74) is 7.97. The molecular formula is C13H14N2O2. The fourth-order valence-corrected chi connectivity index (χ4v) is 1.66. The van der Waals surface area contributed by atoms with E-state index in [4.69, 9.17) is 10.5 Å². The number of carbonyl (C=O) groups is 1. The van der Waals surface area contributed by atoms with Crippen LogP contribution in [0, 0.1) is 6.92 Å². The first-order valence-corrected chi connectivity index (χ1v) is 5.46. The number of aromatic nitrogens is 1. The van der Waals surface area contributed by atoms with Crippen molar-refractivity contribution in [1.82, 2.24) is 4.98 Å². The summed E-state index contributed by atoms with van der Waals surface area (Å²) in [5.74, 6) is -0.221. The van der Waals surface area contributed by atoms with Crippen LogP contribution in [0.25, 0.3) is 10.9 Å². The van der Waals surface area contributed by atoms with Crippen LogP contribution < -0.4 is 5.73 Å². The van der Waals surface area contributed by atoms with Gasteiger partial charge in [-0.15, -0.1) is 0 Å². The van der Waals surface area contributed by atoms with E-state index in [-0.39, 0.29) is 5.82 Å². The van der Waals surface area contributed by atoms with Crippen molar-refractivity contribution in [2.24, 2.45) is 0 Å². The summed E-state index contributed by atoms with van der Waals surface area (Å²) in [4.78, 5) is 15.9. The molecule has 0 aliphatic heterocycles. The second-order valence-corrected chi connectivity index (χ2v) is 3.84. The van der Waals surface area contributed by atoms with Gasteiger partial charge in [-0.2, -0.15) is 0 Å². The molecule has 0 spiro atoms. The summed E-state index contributed by atoms with van der Waals surface area (Å²) in [6.07, 6.45) is 0. The minimum Gasteiger partial charge on any atom is -0.462 e. The number of nitrogens with zero attached hydrogens (tertiary/aromatic N) is 1. The topological polar surface area (TPSA) is 65.2 Å². The predicted molar refractivity (Wildman–Crippen MR) is 66.8 cm³/mol. The molecule has 1 heterocycles. The molecule has 17 heavy (non-hydrogen) atoms. The molecule has 2 rings (SSSR count). The lowest BCUT2D eigenvalue weighted by Crippen LogP contribution is -2.09. The van der Waals surface area contributed by atoms with E-state index >= 15 is 0 Å². The number of nitrogen functional groups attached to an aromatic ring is 1. The van der Waals surface area contributed by atoms with E-state index in [0.717, 1.165) is 16.5 Å². The van der Waals surface area contributed by atoms with Crippen LogP contribution in [0.4, 0.5) is 5.82 Å². The zero-order valence-corrected chi connectivity index (χ0v) is 9.86. The van der Waals surface area contributed by atoms with E-state index in [2.05, 4.69) is 4.98 Å². The summed E-state index contributed by atoms with van der Waals surface area (Å²) in [5, 5.41) is 0.882. The molecule has 1 aromatic heterocycles. The molecule has 0 unspecified atom stereocenters. The Labute approximate surface area is 99.4 Å². The van der Waals surface area contributed by atoms with Gasteiger partial charge in [-0.1, -0.05) is 12.1 Å². The van der Waals surface area contributed by atoms with Gasteiger partial charge in [-0.05, 0) is 31.5 Å². The maximum absolute atomic E-state index is 11.6. The van der Waals surface area contributed by atoms with Crippen LogP contribution in [0.2, 0.25) is 0 Å². The van der Waals surface area contributed by atoms with Crippen LogP contribution >= 0.6 is 0 Å². The fourth-order valence-electron chi connectivity index (χ4n) is 1.66. The van der Waals surface area contributed by atoms with Gasteiger partial charge in [0.25, 0.3) is 0 Å². The first-order chi connectivity index (χ1) is 8.11. The van der Waals surface area contributed by atoms with Gasteiger partial charge < -0.3 is 10.5 Å². The third-order valence-electron chi connectivity index (χ3n) is 2.50. The number of hydrogen-bond donors (Lipinski definition) is 1. The lowest BCUT2D eigenvalue weighted by atomic mass is 10.1. The Hall–Kier alpha value is -2.10. The Morgan fingerprint density at radius 1 is 1.41 bits per heavy atom. The smallest absolute Gasteiger partial charge is 0.341 e. The number of rotatable bonds is 2. The van der Waals surface area contributed by atoms with Crippen LogP contribution in [0.5, 0.6) is 0 Å². The minimum atomic E-state index is -0.431. The Morgan fingerprint density at radius 3 is 2.88 bits per heavy atom. The number of fused-ring (bicyclic) bond motifs is 1. The summed E-state index contributed by atoms with van der Waals surface area (Å²) in [6.45, 7) is 4.06. The van der Waals surface area contributed by atoms with E-state index < -0.39 is 5.97 Å². The Morgan fingerprint density at radius 2 is 2.18 bits per heavy atom. The molecule has 0 amide bonds. The van der Waals surface area contributed by atoms with Crippen molar-refractivity contribution in [2.75, 3.05) is 12.3 Å². The van der Waals surface area contributed by atoms with Gasteiger partial charge in [-0.3, -0.25) is 0 Å². The van der Waals surface area contributed by atoms with E-state index in [1.54, 1.807) is 13.0 Å². The zero-order valence-electron chi connectivity index (χ0n) is 9.86. The predicted octanol–water partition coefficient (Wildman–Crippen LogP) is 2.30. The van der Waals surface area contributed by atoms with Crippen LogP contribution in [-0.2, 0) is 4.74 Å². The van der Waals surface area contributed by atoms with Crippen LogP contribution in [0.3, 0.4) is 0 Å². The molecule has 0 aliphatic carbocycles. The molecule has 0 saturated heterocycles. The van der Waals surface area contributed by atoms with Gasteiger partial charge in [0.15, 0.2) is 0 Å². The van der Waals surface area contributed by atoms with Crippen LogP contribution in [-0.4, -0.2) is 17.6 Å². The van der Waals surface area contributed by atoms with Gasteiger partial charge >= 0.3 is 5.97 Å². The number of pyridine rings is 1. The molecule has 0 radical (unpaired) electrons. The van der Waals surface area contributed by atoms with Gasteiger partial charge in [0.1, 0.15) is 11.4 Å². The minimum absolute atomic E-state index is 0.210. The highest BCUT2D eigenvalue weighted by Gasteiger charge is 2.13. The van der Waals surface area contributed by atoms with Crippen LogP contribution in [0.1, 0.15) is 22.8 Å². The average molecular weight is 230 g/mol. The number of hydrogen-bond acceptors (Lipinski definition) is 4. The van der Waals surface area contributed by atoms with Gasteiger partial charge in [0.05, 0.1) is 12.1 Å². The number of carbonyl (C=O) groups excluding carboxylic acids is 1. The molecule has 2 N–H and O–H groups in total. The number of nitrogens with two attached hydrogens (primary N) is 1. The monoisotopic (exact) mass is 230 g/mol. The van der Waals surface area contributed by atoms with E-state index in [1.165, 1.54) is 0 Å². The highest BCUT2D eigenvalue weighted by atomic mass is 16.5. The first-order valence-electron chi connectivity index (χ1n) is 5.46. The third kappa shape index (κ3) is 2.20. The first kappa shape index (κ1) is 11.4. The standard InChI is InChI=1S/C13H14N2O2/c1-3-17-13(16)10-7-9-5-4-8(2)6-11(9)15-12(10)14/h4-7H,3H2,1-2H3,(H2,14,15). The second-order valence-electron chi connectivity index (χ2n) is 3.84. The van der Waals surface area contributed by atoms with Crippen molar-refractivity contribution in [2.45, 2.75) is 13.8 Å². The molecule has 88 valence electrons. The SMILES string of the molecule is CCOC(=O)c1cc2ccc(C)cc2nc1N. The number of aryl methyl sites for hydroxylation is 1. The molecule has 1 aromatic carbocycles. The highest BCUT2D eigenvalue weighted by Crippen LogP contribution is 2.20. The largest absolute Gasteiger partial charge is 0.462 e. The molecule has 0 atom stereocenters. The van der Waals surface area contributed by atoms with Crippen molar-refractivity contribution < 1.29 is 9.53 Å². The maximum Gasteiger partial charge on any atom is 0.341 e. The van der Waals surface area contributed by atoms with E-state index in [9.17, 15) is 4.79 Å². The van der Waals surface area contributed by atoms with Crippen LogP contribution in [0.15, 0.2) is 24.3 Å². The average Bonchev–Trinajstić information content (AvgIpc) is 2.28. The summed E-state index contributed by atoms with van der Waals surface area (Å²) in [6, 6.07) is 7.53. The Bertz CT molecular complexity index is 579. The lowest BCUT2D eigenvalue weighted by Gasteiger charge is -2.06. The second kappa shape index (κ2) is 4.41.